The number of amides is 1. The molecule has 112 valence electrons. The van der Waals surface area contributed by atoms with Gasteiger partial charge in [-0.1, -0.05) is 6.07 Å². The van der Waals surface area contributed by atoms with Crippen molar-refractivity contribution in [1.82, 2.24) is 4.90 Å². The van der Waals surface area contributed by atoms with Crippen molar-refractivity contribution in [1.29, 1.82) is 0 Å². The molecule has 0 radical (unpaired) electrons. The second-order valence-electron chi connectivity index (χ2n) is 4.12. The van der Waals surface area contributed by atoms with Crippen LogP contribution >= 0.6 is 0 Å². The molecule has 0 bridgehead atoms. The smallest absolute Gasteiger partial charge is 0.263 e. The van der Waals surface area contributed by atoms with Crippen molar-refractivity contribution in [2.45, 2.75) is 19.5 Å². The molecule has 0 saturated carbocycles. The number of carbonyl (C=O) groups excluding carboxylic acids is 1. The highest BCUT2D eigenvalue weighted by atomic mass is 19.3. The Hall–Kier alpha value is -1.76. The van der Waals surface area contributed by atoms with Gasteiger partial charge in [0.2, 0.25) is 0 Å². The third kappa shape index (κ3) is 5.08. The largest absolute Gasteiger partial charge is 0.481 e. The van der Waals surface area contributed by atoms with Crippen LogP contribution in [0.5, 0.6) is 5.75 Å². The van der Waals surface area contributed by atoms with E-state index in [9.17, 15) is 18.0 Å². The third-order valence-corrected chi connectivity index (χ3v) is 2.50. The normalized spacial score (nSPS) is 12.3. The second kappa shape index (κ2) is 7.74. The Labute approximate surface area is 114 Å². The van der Waals surface area contributed by atoms with Crippen LogP contribution < -0.4 is 4.74 Å². The summed E-state index contributed by atoms with van der Waals surface area (Å²) in [5.41, 5.74) is 0. The van der Waals surface area contributed by atoms with Gasteiger partial charge in [0.15, 0.2) is 6.10 Å². The molecule has 1 rings (SSSR count). The number of nitrogens with zero attached hydrogens (tertiary/aromatic N) is 1. The van der Waals surface area contributed by atoms with Gasteiger partial charge >= 0.3 is 0 Å². The lowest BCUT2D eigenvalue weighted by Crippen LogP contribution is -2.44. The quantitative estimate of drug-likeness (QED) is 0.831. The van der Waals surface area contributed by atoms with Crippen molar-refractivity contribution < 1.29 is 27.8 Å². The molecule has 0 aliphatic carbocycles. The van der Waals surface area contributed by atoms with Gasteiger partial charge in [-0.2, -0.15) is 0 Å². The Balaban J connectivity index is 2.68. The molecule has 1 amide bonds. The maximum Gasteiger partial charge on any atom is 0.263 e. The van der Waals surface area contributed by atoms with Crippen molar-refractivity contribution in [2.24, 2.45) is 0 Å². The van der Waals surface area contributed by atoms with Gasteiger partial charge in [-0.05, 0) is 19.1 Å². The summed E-state index contributed by atoms with van der Waals surface area (Å²) in [6, 6.07) is 5.17. The highest BCUT2D eigenvalue weighted by Crippen LogP contribution is 2.15. The zero-order valence-electron chi connectivity index (χ0n) is 10.9. The summed E-state index contributed by atoms with van der Waals surface area (Å²) in [5.74, 6) is -1.09. The molecule has 0 heterocycles. The Morgan fingerprint density at radius 1 is 1.45 bits per heavy atom. The minimum Gasteiger partial charge on any atom is -0.481 e. The van der Waals surface area contributed by atoms with E-state index in [0.717, 1.165) is 11.0 Å². The molecular weight excluding hydrogens is 275 g/mol. The van der Waals surface area contributed by atoms with Gasteiger partial charge in [0.05, 0.1) is 13.2 Å². The molecule has 0 aliphatic rings. The van der Waals surface area contributed by atoms with E-state index < -0.39 is 37.4 Å². The Kier molecular flexibility index (Phi) is 6.30. The molecule has 1 unspecified atom stereocenters. The van der Waals surface area contributed by atoms with Crippen LogP contribution in [0.1, 0.15) is 6.92 Å². The summed E-state index contributed by atoms with van der Waals surface area (Å²) in [5, 5.41) is 8.78. The molecule has 0 fully saturated rings. The van der Waals surface area contributed by atoms with Crippen LogP contribution in [0.4, 0.5) is 13.2 Å². The summed E-state index contributed by atoms with van der Waals surface area (Å²) in [6.45, 7) is -0.0372. The summed E-state index contributed by atoms with van der Waals surface area (Å²) in [6.07, 6.45) is -3.76. The van der Waals surface area contributed by atoms with E-state index in [2.05, 4.69) is 0 Å². The van der Waals surface area contributed by atoms with E-state index in [1.807, 2.05) is 0 Å². The lowest BCUT2D eigenvalue weighted by Gasteiger charge is -2.25. The Morgan fingerprint density at radius 3 is 2.70 bits per heavy atom. The van der Waals surface area contributed by atoms with E-state index >= 15 is 0 Å². The third-order valence-electron chi connectivity index (χ3n) is 2.50. The van der Waals surface area contributed by atoms with Gasteiger partial charge in [0.25, 0.3) is 12.3 Å². The highest BCUT2D eigenvalue weighted by molar-refractivity contribution is 5.80. The number of rotatable bonds is 7. The fourth-order valence-corrected chi connectivity index (χ4v) is 1.63. The van der Waals surface area contributed by atoms with Crippen LogP contribution in [0.2, 0.25) is 0 Å². The molecule has 0 spiro atoms. The number of hydrogen-bond donors (Lipinski definition) is 1. The fourth-order valence-electron chi connectivity index (χ4n) is 1.63. The van der Waals surface area contributed by atoms with Crippen molar-refractivity contribution in [3.63, 3.8) is 0 Å². The zero-order valence-corrected chi connectivity index (χ0v) is 10.9. The standard InChI is InChI=1S/C13H16F3NO3/c1-9(20-11-4-2-3-10(14)7-11)13(19)17(5-6-18)8-12(15)16/h2-4,7,9,12,18H,5-6,8H2,1H3. The molecule has 1 aromatic rings. The van der Waals surface area contributed by atoms with E-state index in [1.54, 1.807) is 0 Å². The molecule has 1 aromatic carbocycles. The maximum atomic E-state index is 13.0. The Morgan fingerprint density at radius 2 is 2.15 bits per heavy atom. The molecule has 0 aliphatic heterocycles. The number of ether oxygens (including phenoxy) is 1. The summed E-state index contributed by atoms with van der Waals surface area (Å²) in [7, 11) is 0. The zero-order chi connectivity index (χ0) is 15.1. The molecule has 0 aromatic heterocycles. The minimum atomic E-state index is -2.70. The van der Waals surface area contributed by atoms with Crippen LogP contribution in [0.15, 0.2) is 24.3 Å². The van der Waals surface area contributed by atoms with Crippen molar-refractivity contribution in [2.75, 3.05) is 19.7 Å². The second-order valence-corrected chi connectivity index (χ2v) is 4.12. The Bertz CT molecular complexity index is 443. The maximum absolute atomic E-state index is 13.0. The summed E-state index contributed by atoms with van der Waals surface area (Å²) < 4.78 is 42.9. The van der Waals surface area contributed by atoms with E-state index in [0.29, 0.717) is 0 Å². The van der Waals surface area contributed by atoms with Gasteiger partial charge < -0.3 is 14.7 Å². The SMILES string of the molecule is CC(Oc1cccc(F)c1)C(=O)N(CCO)CC(F)F. The summed E-state index contributed by atoms with van der Waals surface area (Å²) in [4.78, 5) is 12.7. The lowest BCUT2D eigenvalue weighted by atomic mass is 10.3. The van der Waals surface area contributed by atoms with E-state index in [-0.39, 0.29) is 12.3 Å². The number of benzene rings is 1. The van der Waals surface area contributed by atoms with E-state index in [4.69, 9.17) is 9.84 Å². The first-order valence-corrected chi connectivity index (χ1v) is 6.04. The highest BCUT2D eigenvalue weighted by Gasteiger charge is 2.24. The average molecular weight is 291 g/mol. The molecular formula is C13H16F3NO3. The number of hydrogen-bond acceptors (Lipinski definition) is 3. The molecule has 1 atom stereocenters. The van der Waals surface area contributed by atoms with Gasteiger partial charge in [-0.3, -0.25) is 4.79 Å². The van der Waals surface area contributed by atoms with Crippen molar-refractivity contribution in [3.05, 3.63) is 30.1 Å². The van der Waals surface area contributed by atoms with Gasteiger partial charge in [0, 0.05) is 12.6 Å². The first-order valence-electron chi connectivity index (χ1n) is 6.04. The first-order chi connectivity index (χ1) is 9.43. The molecule has 20 heavy (non-hydrogen) atoms. The number of alkyl halides is 2. The topological polar surface area (TPSA) is 49.8 Å². The van der Waals surface area contributed by atoms with Crippen molar-refractivity contribution in [3.8, 4) is 5.75 Å². The van der Waals surface area contributed by atoms with Crippen LogP contribution in [0.3, 0.4) is 0 Å². The monoisotopic (exact) mass is 291 g/mol. The van der Waals surface area contributed by atoms with Gasteiger partial charge in [-0.15, -0.1) is 0 Å². The number of aliphatic hydroxyl groups is 1. The molecule has 4 nitrogen and oxygen atoms in total. The predicted octanol–water partition coefficient (Wildman–Crippen LogP) is 1.68. The van der Waals surface area contributed by atoms with Crippen LogP contribution in [-0.2, 0) is 4.79 Å². The van der Waals surface area contributed by atoms with Crippen LogP contribution in [-0.4, -0.2) is 48.1 Å². The lowest BCUT2D eigenvalue weighted by molar-refractivity contribution is -0.140. The average Bonchev–Trinajstić information content (AvgIpc) is 2.36. The summed E-state index contributed by atoms with van der Waals surface area (Å²) >= 11 is 0. The van der Waals surface area contributed by atoms with Gasteiger partial charge in [0.1, 0.15) is 11.6 Å². The fraction of sp³-hybridized carbons (Fsp3) is 0.462. The molecule has 7 heteroatoms. The number of aliphatic hydroxyl groups excluding tert-OH is 1. The van der Waals surface area contributed by atoms with Crippen LogP contribution in [0, 0.1) is 5.82 Å². The molecule has 1 N–H and O–H groups in total. The first kappa shape index (κ1) is 16.3. The number of carbonyl (C=O) groups is 1. The van der Waals surface area contributed by atoms with Crippen LogP contribution in [0.25, 0.3) is 0 Å². The van der Waals surface area contributed by atoms with Gasteiger partial charge in [-0.25, -0.2) is 13.2 Å². The predicted molar refractivity (Wildman–Crippen MR) is 66.2 cm³/mol. The minimum absolute atomic E-state index is 0.131. The van der Waals surface area contributed by atoms with Crippen molar-refractivity contribution >= 4 is 5.91 Å². The molecule has 0 saturated heterocycles. The number of halogens is 3. The van der Waals surface area contributed by atoms with E-state index in [1.165, 1.54) is 25.1 Å².